The molecule has 0 saturated heterocycles. The second-order valence-electron chi connectivity index (χ2n) is 8.86. The lowest BCUT2D eigenvalue weighted by molar-refractivity contribution is 0.134. The van der Waals surface area contributed by atoms with Gasteiger partial charge in [-0.3, -0.25) is 0 Å². The molecule has 1 aliphatic carbocycles. The van der Waals surface area contributed by atoms with Crippen LogP contribution in [0.1, 0.15) is 73.6 Å². The van der Waals surface area contributed by atoms with Gasteiger partial charge >= 0.3 is 0 Å². The number of hydrogen-bond acceptors (Lipinski definition) is 2. The molecule has 0 aromatic heterocycles. The van der Waals surface area contributed by atoms with Crippen LogP contribution in [0.2, 0.25) is 0 Å². The van der Waals surface area contributed by atoms with Crippen LogP contribution in [0.25, 0.3) is 0 Å². The van der Waals surface area contributed by atoms with Crippen molar-refractivity contribution in [3.05, 3.63) is 0 Å². The summed E-state index contributed by atoms with van der Waals surface area (Å²) in [6.07, 6.45) is 6.47. The van der Waals surface area contributed by atoms with Crippen LogP contribution in [0, 0.1) is 16.7 Å². The maximum atomic E-state index is 6.10. The first kappa shape index (κ1) is 17.0. The molecular formula is C17H36N2. The Morgan fingerprint density at radius 3 is 2.05 bits per heavy atom. The van der Waals surface area contributed by atoms with E-state index in [0.717, 1.165) is 19.0 Å². The van der Waals surface area contributed by atoms with Gasteiger partial charge in [0.25, 0.3) is 0 Å². The summed E-state index contributed by atoms with van der Waals surface area (Å²) < 4.78 is 0. The van der Waals surface area contributed by atoms with E-state index in [4.69, 9.17) is 5.73 Å². The largest absolute Gasteiger partial charge is 0.330 e. The molecule has 0 spiro atoms. The van der Waals surface area contributed by atoms with Crippen LogP contribution in [-0.2, 0) is 0 Å². The highest BCUT2D eigenvalue weighted by Gasteiger charge is 2.35. The normalized spacial score (nSPS) is 29.5. The number of hydrogen-bond donors (Lipinski definition) is 2. The summed E-state index contributed by atoms with van der Waals surface area (Å²) in [6, 6.07) is 0. The Morgan fingerprint density at radius 1 is 1.11 bits per heavy atom. The van der Waals surface area contributed by atoms with E-state index in [1.165, 1.54) is 32.1 Å². The molecule has 0 aromatic rings. The number of nitrogens with two attached hydrogens (primary N) is 1. The van der Waals surface area contributed by atoms with E-state index in [1.807, 2.05) is 0 Å². The molecule has 3 N–H and O–H groups in total. The molecular weight excluding hydrogens is 232 g/mol. The fraction of sp³-hybridized carbons (Fsp3) is 1.00. The smallest absolute Gasteiger partial charge is 0.0130 e. The monoisotopic (exact) mass is 268 g/mol. The van der Waals surface area contributed by atoms with Gasteiger partial charge in [-0.2, -0.15) is 0 Å². The average molecular weight is 268 g/mol. The molecule has 0 bridgehead atoms. The lowest BCUT2D eigenvalue weighted by Crippen LogP contribution is -2.50. The highest BCUT2D eigenvalue weighted by atomic mass is 15.0. The molecule has 0 atom stereocenters. The molecule has 1 aliphatic rings. The van der Waals surface area contributed by atoms with Gasteiger partial charge in [0.2, 0.25) is 0 Å². The lowest BCUT2D eigenvalue weighted by Gasteiger charge is -2.42. The Hall–Kier alpha value is -0.0800. The first-order valence-corrected chi connectivity index (χ1v) is 8.03. The maximum Gasteiger partial charge on any atom is 0.0130 e. The number of rotatable bonds is 5. The van der Waals surface area contributed by atoms with Crippen LogP contribution in [0.3, 0.4) is 0 Å². The van der Waals surface area contributed by atoms with E-state index in [0.29, 0.717) is 10.8 Å². The van der Waals surface area contributed by atoms with Gasteiger partial charge in [0.05, 0.1) is 0 Å². The molecule has 114 valence electrons. The van der Waals surface area contributed by atoms with Gasteiger partial charge in [-0.05, 0) is 56.4 Å². The summed E-state index contributed by atoms with van der Waals surface area (Å²) in [5.74, 6) is 0.891. The van der Waals surface area contributed by atoms with Gasteiger partial charge in [0.1, 0.15) is 0 Å². The Kier molecular flexibility index (Phi) is 5.48. The summed E-state index contributed by atoms with van der Waals surface area (Å²) in [6.45, 7) is 15.9. The Balaban J connectivity index is 2.53. The Labute approximate surface area is 120 Å². The van der Waals surface area contributed by atoms with Crippen molar-refractivity contribution in [1.82, 2.24) is 5.32 Å². The zero-order valence-electron chi connectivity index (χ0n) is 14.1. The van der Waals surface area contributed by atoms with Crippen LogP contribution in [-0.4, -0.2) is 18.6 Å². The van der Waals surface area contributed by atoms with Gasteiger partial charge < -0.3 is 11.1 Å². The first-order chi connectivity index (χ1) is 8.58. The Bertz CT molecular complexity index is 267. The van der Waals surface area contributed by atoms with E-state index >= 15 is 0 Å². The molecule has 2 nitrogen and oxygen atoms in total. The lowest BCUT2D eigenvalue weighted by atomic mass is 9.70. The summed E-state index contributed by atoms with van der Waals surface area (Å²) in [7, 11) is 0. The van der Waals surface area contributed by atoms with E-state index in [1.54, 1.807) is 0 Å². The third kappa shape index (κ3) is 5.83. The van der Waals surface area contributed by atoms with Gasteiger partial charge in [-0.1, -0.05) is 40.5 Å². The predicted molar refractivity (Wildman–Crippen MR) is 85.3 cm³/mol. The second kappa shape index (κ2) is 6.13. The fourth-order valence-corrected chi connectivity index (χ4v) is 3.64. The maximum absolute atomic E-state index is 6.10. The minimum atomic E-state index is 0.198. The molecule has 0 aromatic carbocycles. The second-order valence-corrected chi connectivity index (χ2v) is 8.86. The molecule has 2 heteroatoms. The van der Waals surface area contributed by atoms with Crippen LogP contribution in [0.4, 0.5) is 0 Å². The molecule has 0 amide bonds. The highest BCUT2D eigenvalue weighted by molar-refractivity contribution is 4.91. The molecule has 0 radical (unpaired) electrons. The van der Waals surface area contributed by atoms with Gasteiger partial charge in [0, 0.05) is 12.1 Å². The average Bonchev–Trinajstić information content (AvgIpc) is 2.26. The van der Waals surface area contributed by atoms with E-state index in [2.05, 4.69) is 46.9 Å². The zero-order chi connectivity index (χ0) is 14.7. The topological polar surface area (TPSA) is 38.0 Å². The van der Waals surface area contributed by atoms with Crippen molar-refractivity contribution < 1.29 is 0 Å². The SMILES string of the molecule is CC1CCC(CN)(CNC(C)(C)CC(C)(C)C)CC1. The molecule has 0 heterocycles. The standard InChI is InChI=1S/C17H36N2/c1-14-7-9-17(12-18,10-8-14)13-19-16(5,6)11-15(2,3)4/h14,19H,7-13,18H2,1-6H3. The van der Waals surface area contributed by atoms with Crippen LogP contribution >= 0.6 is 0 Å². The summed E-state index contributed by atoms with van der Waals surface area (Å²) >= 11 is 0. The summed E-state index contributed by atoms with van der Waals surface area (Å²) in [5, 5.41) is 3.81. The number of nitrogens with one attached hydrogen (secondary N) is 1. The van der Waals surface area contributed by atoms with Gasteiger partial charge in [0.15, 0.2) is 0 Å². The molecule has 0 aliphatic heterocycles. The first-order valence-electron chi connectivity index (χ1n) is 8.03. The predicted octanol–water partition coefficient (Wildman–Crippen LogP) is 3.95. The van der Waals surface area contributed by atoms with E-state index in [-0.39, 0.29) is 5.54 Å². The summed E-state index contributed by atoms with van der Waals surface area (Å²) in [5.41, 5.74) is 7.02. The fourth-order valence-electron chi connectivity index (χ4n) is 3.64. The minimum absolute atomic E-state index is 0.198. The zero-order valence-corrected chi connectivity index (χ0v) is 14.1. The van der Waals surface area contributed by atoms with Crippen molar-refractivity contribution in [1.29, 1.82) is 0 Å². The third-order valence-corrected chi connectivity index (χ3v) is 4.68. The van der Waals surface area contributed by atoms with E-state index < -0.39 is 0 Å². The van der Waals surface area contributed by atoms with Gasteiger partial charge in [-0.25, -0.2) is 0 Å². The third-order valence-electron chi connectivity index (χ3n) is 4.68. The molecule has 1 rings (SSSR count). The quantitative estimate of drug-likeness (QED) is 0.792. The van der Waals surface area contributed by atoms with Crippen molar-refractivity contribution in [2.24, 2.45) is 22.5 Å². The van der Waals surface area contributed by atoms with Crippen molar-refractivity contribution >= 4 is 0 Å². The van der Waals surface area contributed by atoms with Crippen molar-refractivity contribution in [3.8, 4) is 0 Å². The minimum Gasteiger partial charge on any atom is -0.330 e. The highest BCUT2D eigenvalue weighted by Crippen LogP contribution is 2.38. The summed E-state index contributed by atoms with van der Waals surface area (Å²) in [4.78, 5) is 0. The molecule has 0 unspecified atom stereocenters. The van der Waals surface area contributed by atoms with Crippen molar-refractivity contribution in [2.75, 3.05) is 13.1 Å². The molecule has 19 heavy (non-hydrogen) atoms. The van der Waals surface area contributed by atoms with Gasteiger partial charge in [-0.15, -0.1) is 0 Å². The molecule has 1 fully saturated rings. The van der Waals surface area contributed by atoms with Crippen molar-refractivity contribution in [3.63, 3.8) is 0 Å². The van der Waals surface area contributed by atoms with Crippen LogP contribution in [0.5, 0.6) is 0 Å². The van der Waals surface area contributed by atoms with Crippen LogP contribution in [0.15, 0.2) is 0 Å². The Morgan fingerprint density at radius 2 is 1.63 bits per heavy atom. The van der Waals surface area contributed by atoms with Crippen molar-refractivity contribution in [2.45, 2.75) is 79.2 Å². The van der Waals surface area contributed by atoms with Crippen LogP contribution < -0.4 is 11.1 Å². The molecule has 1 saturated carbocycles. The van der Waals surface area contributed by atoms with E-state index in [9.17, 15) is 0 Å².